The van der Waals surface area contributed by atoms with E-state index >= 15 is 0 Å². The fourth-order valence-electron chi connectivity index (χ4n) is 1.58. The van der Waals surface area contributed by atoms with E-state index in [0.717, 1.165) is 26.3 Å². The highest BCUT2D eigenvalue weighted by molar-refractivity contribution is 5.76. The van der Waals surface area contributed by atoms with Crippen LogP contribution in [0, 0.1) is 0 Å². The lowest BCUT2D eigenvalue weighted by atomic mass is 10.2. The van der Waals surface area contributed by atoms with Gasteiger partial charge in [-0.3, -0.25) is 9.69 Å². The summed E-state index contributed by atoms with van der Waals surface area (Å²) in [6, 6.07) is 0.328. The fourth-order valence-corrected chi connectivity index (χ4v) is 1.58. The molecule has 0 radical (unpaired) electrons. The van der Waals surface area contributed by atoms with Gasteiger partial charge in [0.05, 0.1) is 13.2 Å². The van der Waals surface area contributed by atoms with Crippen LogP contribution in [0.4, 0.5) is 0 Å². The number of carbonyl (C=O) groups is 1. The molecule has 0 aromatic carbocycles. The minimum Gasteiger partial charge on any atom is -0.379 e. The van der Waals surface area contributed by atoms with E-state index in [1.54, 1.807) is 19.0 Å². The van der Waals surface area contributed by atoms with Crippen molar-refractivity contribution in [2.45, 2.75) is 19.4 Å². The Morgan fingerprint density at radius 1 is 1.43 bits per heavy atom. The Kier molecular flexibility index (Phi) is 4.35. The Balaban J connectivity index is 2.32. The van der Waals surface area contributed by atoms with Gasteiger partial charge in [-0.1, -0.05) is 0 Å². The number of hydrogen-bond acceptors (Lipinski definition) is 3. The highest BCUT2D eigenvalue weighted by Crippen LogP contribution is 2.07. The number of ether oxygens (including phenoxy) is 1. The first kappa shape index (κ1) is 11.5. The molecule has 0 saturated carbocycles. The Morgan fingerprint density at radius 2 is 2.00 bits per heavy atom. The third-order valence-electron chi connectivity index (χ3n) is 2.64. The van der Waals surface area contributed by atoms with E-state index < -0.39 is 0 Å². The summed E-state index contributed by atoms with van der Waals surface area (Å²) >= 11 is 0. The van der Waals surface area contributed by atoms with Gasteiger partial charge in [0, 0.05) is 39.6 Å². The van der Waals surface area contributed by atoms with Gasteiger partial charge in [0.1, 0.15) is 0 Å². The molecule has 1 aliphatic rings. The molecule has 82 valence electrons. The van der Waals surface area contributed by atoms with Crippen molar-refractivity contribution >= 4 is 5.91 Å². The van der Waals surface area contributed by atoms with Gasteiger partial charge >= 0.3 is 0 Å². The summed E-state index contributed by atoms with van der Waals surface area (Å²) in [5, 5.41) is 0. The summed E-state index contributed by atoms with van der Waals surface area (Å²) < 4.78 is 5.27. The lowest BCUT2D eigenvalue weighted by molar-refractivity contribution is -0.130. The fraction of sp³-hybridized carbons (Fsp3) is 0.900. The number of carbonyl (C=O) groups excluding carboxylic acids is 1. The summed E-state index contributed by atoms with van der Waals surface area (Å²) in [5.41, 5.74) is 0. The SMILES string of the molecule is CC(CC(=O)N(C)C)N1CCOCC1. The zero-order valence-corrected chi connectivity index (χ0v) is 9.32. The zero-order valence-electron chi connectivity index (χ0n) is 9.32. The molecule has 1 rings (SSSR count). The highest BCUT2D eigenvalue weighted by atomic mass is 16.5. The Morgan fingerprint density at radius 3 is 2.50 bits per heavy atom. The van der Waals surface area contributed by atoms with Crippen LogP contribution in [0.15, 0.2) is 0 Å². The lowest BCUT2D eigenvalue weighted by Crippen LogP contribution is -2.44. The first-order valence-electron chi connectivity index (χ1n) is 5.13. The lowest BCUT2D eigenvalue weighted by Gasteiger charge is -2.32. The van der Waals surface area contributed by atoms with E-state index in [4.69, 9.17) is 4.74 Å². The molecule has 0 aromatic rings. The van der Waals surface area contributed by atoms with E-state index in [9.17, 15) is 4.79 Å². The molecular weight excluding hydrogens is 180 g/mol. The maximum atomic E-state index is 11.5. The second kappa shape index (κ2) is 5.32. The topological polar surface area (TPSA) is 32.8 Å². The summed E-state index contributed by atoms with van der Waals surface area (Å²) in [6.45, 7) is 5.58. The molecule has 4 nitrogen and oxygen atoms in total. The van der Waals surface area contributed by atoms with Crippen molar-refractivity contribution in [1.29, 1.82) is 0 Å². The highest BCUT2D eigenvalue weighted by Gasteiger charge is 2.19. The molecule has 0 aliphatic carbocycles. The average molecular weight is 200 g/mol. The number of rotatable bonds is 3. The summed E-state index contributed by atoms with van der Waals surface area (Å²) in [7, 11) is 3.60. The number of nitrogens with zero attached hydrogens (tertiary/aromatic N) is 2. The van der Waals surface area contributed by atoms with E-state index in [1.165, 1.54) is 0 Å². The van der Waals surface area contributed by atoms with Crippen LogP contribution in [0.25, 0.3) is 0 Å². The molecule has 14 heavy (non-hydrogen) atoms. The third-order valence-corrected chi connectivity index (χ3v) is 2.64. The average Bonchev–Trinajstić information content (AvgIpc) is 2.19. The number of hydrogen-bond donors (Lipinski definition) is 0. The third kappa shape index (κ3) is 3.27. The monoisotopic (exact) mass is 200 g/mol. The van der Waals surface area contributed by atoms with Crippen molar-refractivity contribution in [2.75, 3.05) is 40.4 Å². The van der Waals surface area contributed by atoms with Gasteiger partial charge < -0.3 is 9.64 Å². The summed E-state index contributed by atoms with van der Waals surface area (Å²) in [4.78, 5) is 15.4. The van der Waals surface area contributed by atoms with Crippen LogP contribution in [0.2, 0.25) is 0 Å². The normalized spacial score (nSPS) is 20.5. The van der Waals surface area contributed by atoms with Crippen LogP contribution in [0.1, 0.15) is 13.3 Å². The second-order valence-electron chi connectivity index (χ2n) is 3.99. The van der Waals surface area contributed by atoms with E-state index in [0.29, 0.717) is 12.5 Å². The Hall–Kier alpha value is -0.610. The molecule has 1 unspecified atom stereocenters. The van der Waals surface area contributed by atoms with Crippen LogP contribution in [0.5, 0.6) is 0 Å². The maximum Gasteiger partial charge on any atom is 0.223 e. The van der Waals surface area contributed by atoms with Crippen molar-refractivity contribution in [2.24, 2.45) is 0 Å². The Bertz CT molecular complexity index is 189. The van der Waals surface area contributed by atoms with Gasteiger partial charge in [0.15, 0.2) is 0 Å². The Labute approximate surface area is 85.8 Å². The van der Waals surface area contributed by atoms with Crippen molar-refractivity contribution in [1.82, 2.24) is 9.80 Å². The zero-order chi connectivity index (χ0) is 10.6. The first-order chi connectivity index (χ1) is 6.61. The maximum absolute atomic E-state index is 11.5. The molecule has 4 heteroatoms. The minimum atomic E-state index is 0.198. The van der Waals surface area contributed by atoms with Crippen LogP contribution >= 0.6 is 0 Å². The van der Waals surface area contributed by atoms with Crippen molar-refractivity contribution in [3.63, 3.8) is 0 Å². The van der Waals surface area contributed by atoms with E-state index in [-0.39, 0.29) is 5.91 Å². The van der Waals surface area contributed by atoms with Crippen LogP contribution in [0.3, 0.4) is 0 Å². The molecule has 1 heterocycles. The first-order valence-corrected chi connectivity index (χ1v) is 5.13. The van der Waals surface area contributed by atoms with Crippen LogP contribution in [-0.4, -0.2) is 62.1 Å². The summed E-state index contributed by atoms with van der Waals surface area (Å²) in [6.07, 6.45) is 0.604. The van der Waals surface area contributed by atoms with Crippen molar-refractivity contribution in [3.8, 4) is 0 Å². The quantitative estimate of drug-likeness (QED) is 0.652. The van der Waals surface area contributed by atoms with E-state index in [1.807, 2.05) is 0 Å². The molecule has 0 N–H and O–H groups in total. The molecule has 0 spiro atoms. The van der Waals surface area contributed by atoms with Gasteiger partial charge in [0.2, 0.25) is 5.91 Å². The molecular formula is C10H20N2O2. The number of amides is 1. The molecule has 0 aromatic heterocycles. The molecule has 1 fully saturated rings. The minimum absolute atomic E-state index is 0.198. The number of morpholine rings is 1. The van der Waals surface area contributed by atoms with Crippen LogP contribution < -0.4 is 0 Å². The molecule has 1 aliphatic heterocycles. The van der Waals surface area contributed by atoms with E-state index in [2.05, 4.69) is 11.8 Å². The van der Waals surface area contributed by atoms with Crippen molar-refractivity contribution < 1.29 is 9.53 Å². The molecule has 1 amide bonds. The van der Waals surface area contributed by atoms with Gasteiger partial charge in [0.25, 0.3) is 0 Å². The van der Waals surface area contributed by atoms with Gasteiger partial charge in [-0.05, 0) is 6.92 Å². The predicted octanol–water partition coefficient (Wildman–Crippen LogP) is 0.185. The van der Waals surface area contributed by atoms with Gasteiger partial charge in [-0.2, -0.15) is 0 Å². The smallest absolute Gasteiger partial charge is 0.223 e. The van der Waals surface area contributed by atoms with Crippen molar-refractivity contribution in [3.05, 3.63) is 0 Å². The van der Waals surface area contributed by atoms with Gasteiger partial charge in [-0.25, -0.2) is 0 Å². The standard InChI is InChI=1S/C10H20N2O2/c1-9(8-10(13)11(2)3)12-4-6-14-7-5-12/h9H,4-8H2,1-3H3. The summed E-state index contributed by atoms with van der Waals surface area (Å²) in [5.74, 6) is 0.198. The largest absolute Gasteiger partial charge is 0.379 e. The molecule has 1 atom stereocenters. The second-order valence-corrected chi connectivity index (χ2v) is 3.99. The predicted molar refractivity (Wildman–Crippen MR) is 55.2 cm³/mol. The van der Waals surface area contributed by atoms with Crippen LogP contribution in [-0.2, 0) is 9.53 Å². The van der Waals surface area contributed by atoms with Gasteiger partial charge in [-0.15, -0.1) is 0 Å². The molecule has 0 bridgehead atoms. The molecule has 1 saturated heterocycles.